The number of aryl methyl sites for hydroxylation is 3. The molecule has 0 aliphatic heterocycles. The number of thiophene rings is 1. The second-order valence-electron chi connectivity index (χ2n) is 5.69. The van der Waals surface area contributed by atoms with Crippen LogP contribution in [0.25, 0.3) is 0 Å². The van der Waals surface area contributed by atoms with Gasteiger partial charge < -0.3 is 10.6 Å². The first-order valence-electron chi connectivity index (χ1n) is 8.25. The van der Waals surface area contributed by atoms with Crippen LogP contribution in [0.1, 0.15) is 20.5 Å². The van der Waals surface area contributed by atoms with Crippen molar-refractivity contribution in [2.45, 2.75) is 31.4 Å². The number of nitrogens with one attached hydrogen (secondary N) is 3. The fourth-order valence-electron chi connectivity index (χ4n) is 2.15. The third-order valence-electron chi connectivity index (χ3n) is 3.62. The van der Waals surface area contributed by atoms with Gasteiger partial charge in [0.05, 0.1) is 10.7 Å². The van der Waals surface area contributed by atoms with Gasteiger partial charge in [-0.3, -0.25) is 4.99 Å². The van der Waals surface area contributed by atoms with Gasteiger partial charge in [0.2, 0.25) is 10.0 Å². The van der Waals surface area contributed by atoms with E-state index < -0.39 is 10.0 Å². The molecule has 0 radical (unpaired) electrons. The highest BCUT2D eigenvalue weighted by Gasteiger charge is 2.15. The van der Waals surface area contributed by atoms with E-state index in [4.69, 9.17) is 0 Å². The lowest BCUT2D eigenvalue weighted by atomic mass is 10.4. The van der Waals surface area contributed by atoms with E-state index in [0.29, 0.717) is 23.3 Å². The largest absolute Gasteiger partial charge is 0.356 e. The Bertz CT molecular complexity index is 842. The monoisotopic (exact) mass is 543 g/mol. The first-order chi connectivity index (χ1) is 12.3. The summed E-state index contributed by atoms with van der Waals surface area (Å²) in [6.45, 7) is 7.41. The van der Waals surface area contributed by atoms with Crippen molar-refractivity contribution in [3.05, 3.63) is 32.6 Å². The number of thiazole rings is 1. The molecule has 0 aliphatic carbocycles. The van der Waals surface area contributed by atoms with Crippen molar-refractivity contribution in [1.82, 2.24) is 20.3 Å². The Morgan fingerprint density at radius 3 is 2.37 bits per heavy atom. The maximum atomic E-state index is 12.1. The van der Waals surface area contributed by atoms with Gasteiger partial charge in [0, 0.05) is 42.9 Å². The summed E-state index contributed by atoms with van der Waals surface area (Å²) in [7, 11) is -1.75. The van der Waals surface area contributed by atoms with Crippen molar-refractivity contribution >= 4 is 62.6 Å². The van der Waals surface area contributed by atoms with Crippen molar-refractivity contribution in [2.24, 2.45) is 4.99 Å². The lowest BCUT2D eigenvalue weighted by Crippen LogP contribution is -2.42. The first kappa shape index (κ1) is 24.3. The molecular weight excluding hydrogens is 517 g/mol. The minimum absolute atomic E-state index is 0. The quantitative estimate of drug-likeness (QED) is 0.206. The Morgan fingerprint density at radius 1 is 1.11 bits per heavy atom. The molecule has 2 heterocycles. The zero-order chi connectivity index (χ0) is 19.2. The minimum Gasteiger partial charge on any atom is -0.356 e. The van der Waals surface area contributed by atoms with Gasteiger partial charge >= 0.3 is 0 Å². The van der Waals surface area contributed by atoms with Crippen LogP contribution in [0.2, 0.25) is 0 Å². The summed E-state index contributed by atoms with van der Waals surface area (Å²) in [6.07, 6.45) is 0.824. The van der Waals surface area contributed by atoms with Crippen LogP contribution in [0, 0.1) is 20.8 Å². The molecule has 0 saturated carbocycles. The summed E-state index contributed by atoms with van der Waals surface area (Å²) in [5, 5.41) is 7.41. The zero-order valence-corrected chi connectivity index (χ0v) is 20.6. The van der Waals surface area contributed by atoms with Crippen LogP contribution in [0.4, 0.5) is 0 Å². The van der Waals surface area contributed by atoms with Gasteiger partial charge in [0.15, 0.2) is 5.96 Å². The van der Waals surface area contributed by atoms with Gasteiger partial charge in [-0.05, 0) is 32.9 Å². The molecule has 2 aromatic heterocycles. The lowest BCUT2D eigenvalue weighted by Gasteiger charge is -2.11. The van der Waals surface area contributed by atoms with Gasteiger partial charge in [-0.15, -0.1) is 46.7 Å². The van der Waals surface area contributed by atoms with E-state index in [0.717, 1.165) is 22.0 Å². The molecule has 2 rings (SSSR count). The summed E-state index contributed by atoms with van der Waals surface area (Å²) in [4.78, 5) is 10.9. The summed E-state index contributed by atoms with van der Waals surface area (Å²) < 4.78 is 27.2. The Balaban J connectivity index is 0.00000364. The molecule has 0 saturated heterocycles. The van der Waals surface area contributed by atoms with Gasteiger partial charge in [-0.1, -0.05) is 0 Å². The Kier molecular flexibility index (Phi) is 10.2. The second kappa shape index (κ2) is 11.3. The molecule has 0 aromatic carbocycles. The highest BCUT2D eigenvalue weighted by molar-refractivity contribution is 14.0. The van der Waals surface area contributed by atoms with Crippen LogP contribution in [-0.4, -0.2) is 46.0 Å². The number of nitrogens with zero attached hydrogens (tertiary/aromatic N) is 2. The number of aromatic nitrogens is 1. The Hall–Kier alpha value is -0.760. The van der Waals surface area contributed by atoms with Gasteiger partial charge in [-0.25, -0.2) is 18.1 Å². The van der Waals surface area contributed by atoms with E-state index in [1.165, 1.54) is 16.2 Å². The number of aliphatic imine (C=N–C) groups is 1. The van der Waals surface area contributed by atoms with E-state index in [2.05, 4.69) is 32.3 Å². The van der Waals surface area contributed by atoms with Crippen LogP contribution in [-0.2, 0) is 16.4 Å². The number of halogens is 1. The summed E-state index contributed by atoms with van der Waals surface area (Å²) in [6, 6.07) is 3.42. The maximum absolute atomic E-state index is 12.1. The average molecular weight is 544 g/mol. The maximum Gasteiger partial charge on any atom is 0.250 e. The number of hydrogen-bond acceptors (Lipinski definition) is 6. The van der Waals surface area contributed by atoms with E-state index in [1.807, 2.05) is 13.8 Å². The average Bonchev–Trinajstić information content (AvgIpc) is 3.16. The fourth-order valence-corrected chi connectivity index (χ4v) is 5.44. The molecule has 27 heavy (non-hydrogen) atoms. The summed E-state index contributed by atoms with van der Waals surface area (Å²) >= 11 is 2.97. The zero-order valence-electron chi connectivity index (χ0n) is 15.8. The molecule has 0 fully saturated rings. The van der Waals surface area contributed by atoms with Gasteiger partial charge in [-0.2, -0.15) is 0 Å². The fraction of sp³-hybridized carbons (Fsp3) is 0.500. The second-order valence-corrected chi connectivity index (χ2v) is 10.3. The van der Waals surface area contributed by atoms with Crippen molar-refractivity contribution in [3.8, 4) is 0 Å². The predicted molar refractivity (Wildman–Crippen MR) is 124 cm³/mol. The normalized spacial score (nSPS) is 11.9. The van der Waals surface area contributed by atoms with Crippen molar-refractivity contribution in [2.75, 3.05) is 26.7 Å². The van der Waals surface area contributed by atoms with Crippen LogP contribution < -0.4 is 15.4 Å². The molecule has 0 unspecified atom stereocenters. The van der Waals surface area contributed by atoms with Crippen molar-refractivity contribution in [3.63, 3.8) is 0 Å². The molecule has 0 aliphatic rings. The van der Waals surface area contributed by atoms with Crippen LogP contribution in [0.5, 0.6) is 0 Å². The molecule has 152 valence electrons. The smallest absolute Gasteiger partial charge is 0.250 e. The molecule has 0 bridgehead atoms. The number of hydrogen-bond donors (Lipinski definition) is 3. The highest BCUT2D eigenvalue weighted by atomic mass is 127. The van der Waals surface area contributed by atoms with E-state index in [9.17, 15) is 8.42 Å². The third-order valence-corrected chi connectivity index (χ3v) is 7.70. The Labute approximate surface area is 186 Å². The topological polar surface area (TPSA) is 95.5 Å². The molecular formula is C16H26IN5O2S3. The Morgan fingerprint density at radius 2 is 1.81 bits per heavy atom. The van der Waals surface area contributed by atoms with Crippen LogP contribution in [0.15, 0.2) is 21.3 Å². The van der Waals surface area contributed by atoms with Crippen molar-refractivity contribution < 1.29 is 8.42 Å². The van der Waals surface area contributed by atoms with E-state index in [1.54, 1.807) is 30.5 Å². The molecule has 2 aromatic rings. The third kappa shape index (κ3) is 7.64. The molecule has 3 N–H and O–H groups in total. The first-order valence-corrected chi connectivity index (χ1v) is 11.4. The van der Waals surface area contributed by atoms with E-state index >= 15 is 0 Å². The highest BCUT2D eigenvalue weighted by Crippen LogP contribution is 2.20. The number of rotatable bonds is 8. The van der Waals surface area contributed by atoms with Crippen molar-refractivity contribution in [1.29, 1.82) is 0 Å². The molecule has 0 amide bonds. The molecule has 0 spiro atoms. The lowest BCUT2D eigenvalue weighted by molar-refractivity contribution is 0.582. The molecule has 0 atom stereocenters. The van der Waals surface area contributed by atoms with Gasteiger partial charge in [0.25, 0.3) is 0 Å². The summed E-state index contributed by atoms with van der Waals surface area (Å²) in [5.74, 6) is 0.640. The predicted octanol–water partition coefficient (Wildman–Crippen LogP) is 2.43. The van der Waals surface area contributed by atoms with Crippen LogP contribution in [0.3, 0.4) is 0 Å². The standard InChI is InChI=1S/C16H25N5O2S3.HI/c1-11-5-6-15(24-11)26(22,23)20-10-9-19-16(17-4)18-8-7-14-21-12(2)13(3)25-14;/h5-6,20H,7-10H2,1-4H3,(H2,17,18,19);1H. The van der Waals surface area contributed by atoms with Crippen LogP contribution >= 0.6 is 46.7 Å². The number of sulfonamides is 1. The van der Waals surface area contributed by atoms with Gasteiger partial charge in [0.1, 0.15) is 4.21 Å². The summed E-state index contributed by atoms with van der Waals surface area (Å²) in [5.41, 5.74) is 1.08. The van der Waals surface area contributed by atoms with E-state index in [-0.39, 0.29) is 30.5 Å². The minimum atomic E-state index is -3.44. The SMILES string of the molecule is CN=C(NCCNS(=O)(=O)c1ccc(C)s1)NCCc1nc(C)c(C)s1.I. The molecule has 7 nitrogen and oxygen atoms in total. The molecule has 11 heteroatoms. The number of guanidine groups is 1.